The van der Waals surface area contributed by atoms with Gasteiger partial charge in [0, 0.05) is 25.6 Å². The second kappa shape index (κ2) is 7.53. The molecule has 1 unspecified atom stereocenters. The second-order valence-electron chi connectivity index (χ2n) is 5.44. The molecule has 1 atom stereocenters. The molecule has 2 rings (SSSR count). The molecule has 7 heteroatoms. The number of carbonyl (C=O) groups is 1. The third-order valence-electron chi connectivity index (χ3n) is 3.48. The predicted molar refractivity (Wildman–Crippen MR) is 78.9 cm³/mol. The fourth-order valence-electron chi connectivity index (χ4n) is 2.33. The third-order valence-corrected chi connectivity index (χ3v) is 3.48. The zero-order valence-corrected chi connectivity index (χ0v) is 13.0. The quantitative estimate of drug-likeness (QED) is 0.715. The van der Waals surface area contributed by atoms with Crippen molar-refractivity contribution in [3.8, 4) is 5.75 Å². The van der Waals surface area contributed by atoms with Crippen LogP contribution in [-0.4, -0.2) is 74.0 Å². The Morgan fingerprint density at radius 1 is 1.62 bits per heavy atom. The van der Waals surface area contributed by atoms with Crippen LogP contribution < -0.4 is 10.1 Å². The topological polar surface area (TPSA) is 68.6 Å². The van der Waals surface area contributed by atoms with E-state index in [1.165, 1.54) is 0 Å². The lowest BCUT2D eigenvalue weighted by atomic mass is 10.1. The fourth-order valence-corrected chi connectivity index (χ4v) is 2.33. The van der Waals surface area contributed by atoms with Gasteiger partial charge >= 0.3 is 0 Å². The lowest BCUT2D eigenvalue weighted by Gasteiger charge is -2.23. The number of rotatable bonds is 7. The van der Waals surface area contributed by atoms with Crippen LogP contribution in [0.5, 0.6) is 5.75 Å². The number of Topliss-reactive ketones (excluding diaryl/α,β-unsaturated/α-hetero) is 1. The Hall–Kier alpha value is -1.44. The summed E-state index contributed by atoms with van der Waals surface area (Å²) in [5.41, 5.74) is 0.548. The maximum Gasteiger partial charge on any atom is 0.186 e. The summed E-state index contributed by atoms with van der Waals surface area (Å²) < 4.78 is 12.4. The summed E-state index contributed by atoms with van der Waals surface area (Å²) in [5.74, 6) is 0.571. The van der Waals surface area contributed by atoms with E-state index in [0.29, 0.717) is 37.6 Å². The summed E-state index contributed by atoms with van der Waals surface area (Å²) in [6, 6.07) is 0.0631. The first kappa shape index (κ1) is 15.9. The van der Waals surface area contributed by atoms with Gasteiger partial charge in [-0.1, -0.05) is 0 Å². The molecule has 0 radical (unpaired) electrons. The number of carbonyl (C=O) groups excluding carboxylic acids is 1. The number of hydrogen-bond acceptors (Lipinski definition) is 6. The van der Waals surface area contributed by atoms with Gasteiger partial charge in [0.15, 0.2) is 11.5 Å². The normalized spacial score (nSPS) is 19.0. The minimum atomic E-state index is 0.0334. The van der Waals surface area contributed by atoms with Gasteiger partial charge in [-0.3, -0.25) is 9.48 Å². The fraction of sp³-hybridized carbons (Fsp3) is 0.714. The Balaban J connectivity index is 2.07. The van der Waals surface area contributed by atoms with Gasteiger partial charge in [0.2, 0.25) is 0 Å². The van der Waals surface area contributed by atoms with Crippen molar-refractivity contribution in [2.45, 2.75) is 19.0 Å². The number of hydrogen-bond donors (Lipinski definition) is 1. The van der Waals surface area contributed by atoms with Gasteiger partial charge in [0.05, 0.1) is 33.1 Å². The zero-order valence-electron chi connectivity index (χ0n) is 13.0. The molecule has 0 spiro atoms. The second-order valence-corrected chi connectivity index (χ2v) is 5.44. The van der Waals surface area contributed by atoms with Gasteiger partial charge in [-0.25, -0.2) is 0 Å². The van der Waals surface area contributed by atoms with Crippen LogP contribution in [0, 0.1) is 0 Å². The molecule has 1 saturated heterocycles. The first-order valence-corrected chi connectivity index (χ1v) is 7.20. The van der Waals surface area contributed by atoms with Crippen LogP contribution in [0.2, 0.25) is 0 Å². The Labute approximate surface area is 125 Å². The van der Waals surface area contributed by atoms with Gasteiger partial charge in [0.25, 0.3) is 0 Å². The lowest BCUT2D eigenvalue weighted by molar-refractivity contribution is 0.0670. The van der Waals surface area contributed by atoms with Crippen LogP contribution in [0.25, 0.3) is 0 Å². The van der Waals surface area contributed by atoms with Crippen molar-refractivity contribution >= 4 is 5.78 Å². The Morgan fingerprint density at radius 2 is 2.43 bits per heavy atom. The standard InChI is InChI=1S/C14H24N4O3/c1-17(2)5-6-18-14(13(20-3)9-16-18)12(19)8-11-10-21-7-4-15-11/h9,11,15H,4-8,10H2,1-3H3. The summed E-state index contributed by atoms with van der Waals surface area (Å²) in [5, 5.41) is 7.56. The van der Waals surface area contributed by atoms with Crippen molar-refractivity contribution in [3.05, 3.63) is 11.9 Å². The molecule has 1 fully saturated rings. The van der Waals surface area contributed by atoms with Crippen LogP contribution in [0.4, 0.5) is 0 Å². The highest BCUT2D eigenvalue weighted by molar-refractivity contribution is 5.97. The van der Waals surface area contributed by atoms with E-state index in [2.05, 4.69) is 15.3 Å². The van der Waals surface area contributed by atoms with Gasteiger partial charge < -0.3 is 19.7 Å². The van der Waals surface area contributed by atoms with Crippen molar-refractivity contribution in [2.24, 2.45) is 0 Å². The van der Waals surface area contributed by atoms with E-state index in [4.69, 9.17) is 9.47 Å². The average molecular weight is 296 g/mol. The molecule has 1 aromatic rings. The van der Waals surface area contributed by atoms with Gasteiger partial charge in [-0.2, -0.15) is 5.10 Å². The SMILES string of the molecule is COc1cnn(CCN(C)C)c1C(=O)CC1COCCN1. The van der Waals surface area contributed by atoms with E-state index in [1.807, 2.05) is 14.1 Å². The van der Waals surface area contributed by atoms with E-state index in [0.717, 1.165) is 13.1 Å². The largest absolute Gasteiger partial charge is 0.493 e. The number of nitrogens with zero attached hydrogens (tertiary/aromatic N) is 3. The predicted octanol–water partition coefficient (Wildman–Crippen LogP) is 0.0145. The van der Waals surface area contributed by atoms with Crippen LogP contribution in [0.3, 0.4) is 0 Å². The van der Waals surface area contributed by atoms with Crippen molar-refractivity contribution in [2.75, 3.05) is 47.5 Å². The summed E-state index contributed by atoms with van der Waals surface area (Å²) in [6.45, 7) is 3.53. The average Bonchev–Trinajstić information content (AvgIpc) is 2.89. The number of ether oxygens (including phenoxy) is 2. The minimum Gasteiger partial charge on any atom is -0.493 e. The molecular formula is C14H24N4O3. The number of methoxy groups -OCH3 is 1. The molecule has 7 nitrogen and oxygen atoms in total. The smallest absolute Gasteiger partial charge is 0.186 e. The monoisotopic (exact) mass is 296 g/mol. The number of likely N-dealkylation sites (N-methyl/N-ethyl adjacent to an activating group) is 1. The van der Waals surface area contributed by atoms with Gasteiger partial charge in [-0.15, -0.1) is 0 Å². The molecule has 0 aliphatic carbocycles. The van der Waals surface area contributed by atoms with Crippen molar-refractivity contribution < 1.29 is 14.3 Å². The zero-order chi connectivity index (χ0) is 15.2. The minimum absolute atomic E-state index is 0.0334. The highest BCUT2D eigenvalue weighted by atomic mass is 16.5. The van der Waals surface area contributed by atoms with E-state index < -0.39 is 0 Å². The number of nitrogens with one attached hydrogen (secondary N) is 1. The molecule has 1 aliphatic rings. The highest BCUT2D eigenvalue weighted by Crippen LogP contribution is 2.20. The van der Waals surface area contributed by atoms with E-state index in [1.54, 1.807) is 18.0 Å². The van der Waals surface area contributed by atoms with Crippen molar-refractivity contribution in [1.82, 2.24) is 20.0 Å². The van der Waals surface area contributed by atoms with Crippen molar-refractivity contribution in [3.63, 3.8) is 0 Å². The van der Waals surface area contributed by atoms with Crippen LogP contribution >= 0.6 is 0 Å². The molecule has 2 heterocycles. The van der Waals surface area contributed by atoms with Crippen LogP contribution in [-0.2, 0) is 11.3 Å². The molecule has 1 N–H and O–H groups in total. The summed E-state index contributed by atoms with van der Waals surface area (Å²) in [6.07, 6.45) is 2.00. The van der Waals surface area contributed by atoms with E-state index >= 15 is 0 Å². The summed E-state index contributed by atoms with van der Waals surface area (Å²) in [7, 11) is 5.54. The third kappa shape index (κ3) is 4.26. The molecule has 1 aromatic heterocycles. The van der Waals surface area contributed by atoms with Gasteiger partial charge in [0.1, 0.15) is 5.69 Å². The lowest BCUT2D eigenvalue weighted by Crippen LogP contribution is -2.42. The van der Waals surface area contributed by atoms with E-state index in [9.17, 15) is 4.79 Å². The number of aromatic nitrogens is 2. The van der Waals surface area contributed by atoms with Crippen LogP contribution in [0.15, 0.2) is 6.20 Å². The van der Waals surface area contributed by atoms with Crippen molar-refractivity contribution in [1.29, 1.82) is 0 Å². The maximum absolute atomic E-state index is 12.6. The molecule has 1 aliphatic heterocycles. The molecule has 118 valence electrons. The maximum atomic E-state index is 12.6. The Morgan fingerprint density at radius 3 is 3.05 bits per heavy atom. The highest BCUT2D eigenvalue weighted by Gasteiger charge is 2.24. The molecular weight excluding hydrogens is 272 g/mol. The molecule has 0 aromatic carbocycles. The number of ketones is 1. The van der Waals surface area contributed by atoms with E-state index in [-0.39, 0.29) is 11.8 Å². The summed E-state index contributed by atoms with van der Waals surface area (Å²) >= 11 is 0. The van der Waals surface area contributed by atoms with Gasteiger partial charge in [-0.05, 0) is 14.1 Å². The van der Waals surface area contributed by atoms with Crippen LogP contribution in [0.1, 0.15) is 16.9 Å². The summed E-state index contributed by atoms with van der Waals surface area (Å²) in [4.78, 5) is 14.6. The molecule has 0 bridgehead atoms. The Bertz CT molecular complexity index is 467. The first-order chi connectivity index (χ1) is 10.1. The number of morpholine rings is 1. The molecule has 0 saturated carbocycles. The molecule has 21 heavy (non-hydrogen) atoms. The molecule has 0 amide bonds. The Kier molecular flexibility index (Phi) is 5.72. The first-order valence-electron chi connectivity index (χ1n) is 7.20.